The van der Waals surface area contributed by atoms with E-state index in [1.807, 2.05) is 0 Å². The van der Waals surface area contributed by atoms with Gasteiger partial charge in [0.05, 0.1) is 29.6 Å². The Bertz CT molecular complexity index is 947. The Morgan fingerprint density at radius 3 is 2.38 bits per heavy atom. The number of hydrogen-bond donors (Lipinski definition) is 2. The third-order valence-electron chi connectivity index (χ3n) is 3.92. The average Bonchev–Trinajstić information content (AvgIpc) is 2.98. The molecule has 1 heterocycles. The highest BCUT2D eigenvalue weighted by Crippen LogP contribution is 2.17. The van der Waals surface area contributed by atoms with Gasteiger partial charge in [0.25, 0.3) is 5.91 Å². The largest absolute Gasteiger partial charge is 0.369 e. The van der Waals surface area contributed by atoms with Crippen LogP contribution in [0.2, 0.25) is 0 Å². The van der Waals surface area contributed by atoms with Gasteiger partial charge in [0.15, 0.2) is 0 Å². The summed E-state index contributed by atoms with van der Waals surface area (Å²) in [4.78, 5) is 23.4. The maximum atomic E-state index is 13.1. The molecule has 0 aliphatic heterocycles. The van der Waals surface area contributed by atoms with E-state index in [1.54, 1.807) is 48.0 Å². The summed E-state index contributed by atoms with van der Waals surface area (Å²) in [7, 11) is 0. The molecule has 0 bridgehead atoms. The Labute approximate surface area is 149 Å². The van der Waals surface area contributed by atoms with Crippen LogP contribution in [0.3, 0.4) is 0 Å². The van der Waals surface area contributed by atoms with Crippen LogP contribution in [-0.2, 0) is 11.2 Å². The number of nitrogens with one attached hydrogen (secondary N) is 1. The van der Waals surface area contributed by atoms with Gasteiger partial charge in [-0.15, -0.1) is 0 Å². The number of anilines is 1. The Morgan fingerprint density at radius 2 is 1.77 bits per heavy atom. The van der Waals surface area contributed by atoms with Gasteiger partial charge in [-0.3, -0.25) is 9.59 Å². The summed E-state index contributed by atoms with van der Waals surface area (Å²) in [6.45, 7) is 1.77. The Hall–Kier alpha value is -3.48. The van der Waals surface area contributed by atoms with E-state index in [9.17, 15) is 14.0 Å². The summed E-state index contributed by atoms with van der Waals surface area (Å²) < 4.78 is 14.6. The Kier molecular flexibility index (Phi) is 4.79. The van der Waals surface area contributed by atoms with Crippen LogP contribution in [0.25, 0.3) is 5.69 Å². The number of benzene rings is 2. The van der Waals surface area contributed by atoms with E-state index >= 15 is 0 Å². The number of amides is 2. The molecule has 0 spiro atoms. The third-order valence-corrected chi connectivity index (χ3v) is 3.92. The minimum Gasteiger partial charge on any atom is -0.369 e. The van der Waals surface area contributed by atoms with E-state index in [2.05, 4.69) is 10.4 Å². The van der Waals surface area contributed by atoms with Crippen molar-refractivity contribution in [3.05, 3.63) is 77.4 Å². The van der Waals surface area contributed by atoms with E-state index in [4.69, 9.17) is 5.73 Å². The monoisotopic (exact) mass is 352 g/mol. The fraction of sp³-hybridized carbons (Fsp3) is 0.105. The molecule has 0 saturated carbocycles. The highest BCUT2D eigenvalue weighted by atomic mass is 19.1. The van der Waals surface area contributed by atoms with Crippen molar-refractivity contribution in [2.24, 2.45) is 5.73 Å². The first-order valence-electron chi connectivity index (χ1n) is 7.93. The number of rotatable bonds is 5. The smallest absolute Gasteiger partial charge is 0.259 e. The molecule has 6 nitrogen and oxygen atoms in total. The van der Waals surface area contributed by atoms with Crippen molar-refractivity contribution in [3.63, 3.8) is 0 Å². The van der Waals surface area contributed by atoms with Crippen molar-refractivity contribution in [2.75, 3.05) is 5.32 Å². The highest BCUT2D eigenvalue weighted by Gasteiger charge is 2.15. The summed E-state index contributed by atoms with van der Waals surface area (Å²) in [6, 6.07) is 12.7. The fourth-order valence-corrected chi connectivity index (χ4v) is 2.58. The van der Waals surface area contributed by atoms with E-state index in [0.29, 0.717) is 22.6 Å². The van der Waals surface area contributed by atoms with E-state index < -0.39 is 5.91 Å². The second-order valence-corrected chi connectivity index (χ2v) is 5.83. The first-order chi connectivity index (χ1) is 12.4. The van der Waals surface area contributed by atoms with Crippen LogP contribution in [0.5, 0.6) is 0 Å². The summed E-state index contributed by atoms with van der Waals surface area (Å²) >= 11 is 0. The van der Waals surface area contributed by atoms with Gasteiger partial charge in [-0.1, -0.05) is 12.1 Å². The molecule has 1 aromatic heterocycles. The molecule has 0 aliphatic rings. The second kappa shape index (κ2) is 7.18. The van der Waals surface area contributed by atoms with Gasteiger partial charge < -0.3 is 11.1 Å². The molecule has 0 aliphatic carbocycles. The van der Waals surface area contributed by atoms with Crippen molar-refractivity contribution in [1.29, 1.82) is 0 Å². The third kappa shape index (κ3) is 3.77. The summed E-state index contributed by atoms with van der Waals surface area (Å²) in [5.41, 5.74) is 8.24. The molecule has 0 fully saturated rings. The maximum absolute atomic E-state index is 13.1. The number of primary amides is 1. The van der Waals surface area contributed by atoms with Gasteiger partial charge in [0.1, 0.15) is 5.82 Å². The predicted molar refractivity (Wildman–Crippen MR) is 95.6 cm³/mol. The van der Waals surface area contributed by atoms with Crippen LogP contribution in [0, 0.1) is 12.7 Å². The van der Waals surface area contributed by atoms with Gasteiger partial charge in [0, 0.05) is 5.69 Å². The molecular formula is C19H17FN4O2. The quantitative estimate of drug-likeness (QED) is 0.739. The molecule has 3 aromatic rings. The molecule has 0 atom stereocenters. The van der Waals surface area contributed by atoms with Crippen molar-refractivity contribution < 1.29 is 14.0 Å². The second-order valence-electron chi connectivity index (χ2n) is 5.83. The molecule has 2 amide bonds. The Morgan fingerprint density at radius 1 is 1.12 bits per heavy atom. The maximum Gasteiger partial charge on any atom is 0.259 e. The zero-order chi connectivity index (χ0) is 18.7. The van der Waals surface area contributed by atoms with Crippen LogP contribution < -0.4 is 11.1 Å². The van der Waals surface area contributed by atoms with Gasteiger partial charge in [0.2, 0.25) is 5.91 Å². The lowest BCUT2D eigenvalue weighted by molar-refractivity contribution is -0.117. The van der Waals surface area contributed by atoms with Crippen molar-refractivity contribution in [2.45, 2.75) is 13.3 Å². The predicted octanol–water partition coefficient (Wildman–Crippen LogP) is 2.60. The van der Waals surface area contributed by atoms with Gasteiger partial charge in [-0.2, -0.15) is 5.10 Å². The van der Waals surface area contributed by atoms with Crippen molar-refractivity contribution >= 4 is 17.5 Å². The van der Waals surface area contributed by atoms with Gasteiger partial charge >= 0.3 is 0 Å². The van der Waals surface area contributed by atoms with Crippen LogP contribution in [0.4, 0.5) is 10.1 Å². The van der Waals surface area contributed by atoms with E-state index in [1.165, 1.54) is 18.3 Å². The highest BCUT2D eigenvalue weighted by molar-refractivity contribution is 6.05. The molecule has 7 heteroatoms. The molecule has 0 radical (unpaired) electrons. The van der Waals surface area contributed by atoms with Crippen LogP contribution >= 0.6 is 0 Å². The molecule has 0 saturated heterocycles. The topological polar surface area (TPSA) is 90.0 Å². The van der Waals surface area contributed by atoms with Crippen molar-refractivity contribution in [3.8, 4) is 5.69 Å². The van der Waals surface area contributed by atoms with E-state index in [0.717, 1.165) is 5.56 Å². The number of nitrogens with zero attached hydrogens (tertiary/aromatic N) is 2. The Balaban J connectivity index is 1.76. The first-order valence-corrected chi connectivity index (χ1v) is 7.93. The number of hydrogen-bond acceptors (Lipinski definition) is 3. The molecule has 2 aromatic carbocycles. The minimum atomic E-state index is -0.411. The number of carbonyl (C=O) groups is 2. The molecule has 3 N–H and O–H groups in total. The lowest BCUT2D eigenvalue weighted by Gasteiger charge is -2.07. The molecule has 0 unspecified atom stereocenters. The van der Waals surface area contributed by atoms with Crippen LogP contribution in [-0.4, -0.2) is 21.6 Å². The summed E-state index contributed by atoms with van der Waals surface area (Å²) in [6.07, 6.45) is 1.62. The van der Waals surface area contributed by atoms with Crippen LogP contribution in [0.1, 0.15) is 21.6 Å². The number of carbonyl (C=O) groups excluding carboxylic acids is 2. The lowest BCUT2D eigenvalue weighted by atomic mass is 10.1. The molecule has 26 heavy (non-hydrogen) atoms. The standard InChI is InChI=1S/C19H17FN4O2/c1-12-17(11-22-24(12)16-8-4-14(20)5-9-16)19(26)23-15-6-2-13(3-7-15)10-18(21)25/h2-9,11H,10H2,1H3,(H2,21,25)(H,23,26). The lowest BCUT2D eigenvalue weighted by Crippen LogP contribution is -2.14. The minimum absolute atomic E-state index is 0.151. The molecule has 132 valence electrons. The SMILES string of the molecule is Cc1c(C(=O)Nc2ccc(CC(N)=O)cc2)cnn1-c1ccc(F)cc1. The average molecular weight is 352 g/mol. The number of aromatic nitrogens is 2. The number of nitrogens with two attached hydrogens (primary N) is 1. The summed E-state index contributed by atoms with van der Waals surface area (Å²) in [5, 5.41) is 6.99. The number of halogens is 1. The first kappa shape index (κ1) is 17.3. The molecule has 3 rings (SSSR count). The van der Waals surface area contributed by atoms with E-state index in [-0.39, 0.29) is 18.1 Å². The fourth-order valence-electron chi connectivity index (χ4n) is 2.58. The normalized spacial score (nSPS) is 10.5. The summed E-state index contributed by atoms with van der Waals surface area (Å²) in [5.74, 6) is -1.06. The van der Waals surface area contributed by atoms with Crippen LogP contribution in [0.15, 0.2) is 54.7 Å². The zero-order valence-corrected chi connectivity index (χ0v) is 14.1. The molecular weight excluding hydrogens is 335 g/mol. The van der Waals surface area contributed by atoms with Gasteiger partial charge in [-0.05, 0) is 48.9 Å². The zero-order valence-electron chi connectivity index (χ0n) is 14.1. The van der Waals surface area contributed by atoms with Gasteiger partial charge in [-0.25, -0.2) is 9.07 Å². The van der Waals surface area contributed by atoms with Crippen molar-refractivity contribution in [1.82, 2.24) is 9.78 Å².